The molecule has 1 amide bonds. The summed E-state index contributed by atoms with van der Waals surface area (Å²) in [6, 6.07) is 12.4. The Bertz CT molecular complexity index is 1060. The van der Waals surface area contributed by atoms with Crippen LogP contribution in [0.15, 0.2) is 54.1 Å². The topological polar surface area (TPSA) is 90.3 Å². The molecule has 1 saturated heterocycles. The highest BCUT2D eigenvalue weighted by molar-refractivity contribution is 6.46. The van der Waals surface area contributed by atoms with Gasteiger partial charge < -0.3 is 24.7 Å². The number of phenols is 1. The first kappa shape index (κ1) is 27.3. The molecule has 7 nitrogen and oxygen atoms in total. The summed E-state index contributed by atoms with van der Waals surface area (Å²) in [5, 5.41) is 21.3. The van der Waals surface area contributed by atoms with Gasteiger partial charge in [0.15, 0.2) is 0 Å². The van der Waals surface area contributed by atoms with E-state index in [1.165, 1.54) is 4.90 Å². The average Bonchev–Trinajstić information content (AvgIpc) is 3.14. The van der Waals surface area contributed by atoms with Crippen molar-refractivity contribution in [2.75, 3.05) is 33.3 Å². The van der Waals surface area contributed by atoms with Crippen LogP contribution in [0.1, 0.15) is 63.1 Å². The molecule has 2 N–H and O–H groups in total. The zero-order chi connectivity index (χ0) is 26.1. The lowest BCUT2D eigenvalue weighted by atomic mass is 9.95. The van der Waals surface area contributed by atoms with Gasteiger partial charge in [-0.05, 0) is 80.9 Å². The molecule has 0 saturated carbocycles. The summed E-state index contributed by atoms with van der Waals surface area (Å²) >= 11 is 0. The molecule has 0 bridgehead atoms. The Morgan fingerprint density at radius 3 is 2.19 bits per heavy atom. The molecule has 1 atom stereocenters. The number of phenolic OH excluding ortho intramolecular Hbond substituents is 1. The monoisotopic (exact) mass is 494 g/mol. The van der Waals surface area contributed by atoms with Crippen molar-refractivity contribution in [3.8, 4) is 11.5 Å². The van der Waals surface area contributed by atoms with E-state index in [0.717, 1.165) is 45.3 Å². The summed E-state index contributed by atoms with van der Waals surface area (Å²) < 4.78 is 5.19. The number of rotatable bonds is 13. The van der Waals surface area contributed by atoms with Crippen LogP contribution in [-0.4, -0.2) is 65.0 Å². The van der Waals surface area contributed by atoms with Crippen LogP contribution in [0, 0.1) is 0 Å². The zero-order valence-corrected chi connectivity index (χ0v) is 21.6. The summed E-state index contributed by atoms with van der Waals surface area (Å²) in [5.41, 5.74) is 1.03. The molecule has 3 rings (SSSR count). The van der Waals surface area contributed by atoms with Crippen molar-refractivity contribution in [2.24, 2.45) is 0 Å². The Balaban J connectivity index is 1.91. The number of carbonyl (C=O) groups excluding carboxylic acids is 2. The fourth-order valence-corrected chi connectivity index (χ4v) is 4.62. The van der Waals surface area contributed by atoms with Crippen LogP contribution >= 0.6 is 0 Å². The molecule has 36 heavy (non-hydrogen) atoms. The quantitative estimate of drug-likeness (QED) is 0.228. The first-order chi connectivity index (χ1) is 17.4. The molecule has 0 aliphatic carbocycles. The number of aliphatic hydroxyl groups is 1. The molecule has 194 valence electrons. The molecule has 0 aromatic heterocycles. The maximum Gasteiger partial charge on any atom is 0.295 e. The zero-order valence-electron chi connectivity index (χ0n) is 21.6. The summed E-state index contributed by atoms with van der Waals surface area (Å²) in [6.07, 6.45) is 5.21. The second-order valence-corrected chi connectivity index (χ2v) is 9.22. The Morgan fingerprint density at radius 2 is 1.61 bits per heavy atom. The van der Waals surface area contributed by atoms with Crippen molar-refractivity contribution in [3.05, 3.63) is 65.2 Å². The van der Waals surface area contributed by atoms with E-state index in [0.29, 0.717) is 29.8 Å². The first-order valence-electron chi connectivity index (χ1n) is 12.8. The molecule has 1 aliphatic heterocycles. The number of hydrogen-bond acceptors (Lipinski definition) is 6. The van der Waals surface area contributed by atoms with Crippen LogP contribution in [0.4, 0.5) is 0 Å². The van der Waals surface area contributed by atoms with Crippen molar-refractivity contribution >= 4 is 17.4 Å². The first-order valence-corrected chi connectivity index (χ1v) is 12.8. The number of benzene rings is 2. The number of likely N-dealkylation sites (tertiary alicyclic amines) is 1. The van der Waals surface area contributed by atoms with Gasteiger partial charge in [-0.25, -0.2) is 0 Å². The number of carbonyl (C=O) groups is 2. The summed E-state index contributed by atoms with van der Waals surface area (Å²) in [5.74, 6) is -0.933. The van der Waals surface area contributed by atoms with Crippen molar-refractivity contribution in [1.82, 2.24) is 9.80 Å². The molecule has 7 heteroatoms. The number of ether oxygens (including phenoxy) is 1. The lowest BCUT2D eigenvalue weighted by Gasteiger charge is -2.27. The van der Waals surface area contributed by atoms with Gasteiger partial charge in [-0.1, -0.05) is 38.8 Å². The standard InChI is InChI=1S/C29H38N2O5/c1-4-6-16-30(17-7-5-2)18-9-19-31-26(22-10-8-11-23(32)20-22)25(28(34)29(31)35)27(33)21-12-14-24(36-3)15-13-21/h8,10-15,20,26,32-33H,4-7,9,16-19H2,1-3H3/t26-/m1/s1. The smallest absolute Gasteiger partial charge is 0.295 e. The lowest BCUT2D eigenvalue weighted by Crippen LogP contribution is -2.34. The van der Waals surface area contributed by atoms with E-state index in [4.69, 9.17) is 4.74 Å². The number of methoxy groups -OCH3 is 1. The number of ketones is 1. The number of aromatic hydroxyl groups is 1. The highest BCUT2D eigenvalue weighted by Crippen LogP contribution is 2.40. The predicted octanol–water partition coefficient (Wildman–Crippen LogP) is 5.11. The van der Waals surface area contributed by atoms with Crippen molar-refractivity contribution in [3.63, 3.8) is 0 Å². The van der Waals surface area contributed by atoms with E-state index in [9.17, 15) is 19.8 Å². The summed E-state index contributed by atoms with van der Waals surface area (Å²) in [7, 11) is 1.55. The van der Waals surface area contributed by atoms with Gasteiger partial charge in [0.2, 0.25) is 0 Å². The molecule has 1 heterocycles. The fourth-order valence-electron chi connectivity index (χ4n) is 4.62. The second-order valence-electron chi connectivity index (χ2n) is 9.22. The second kappa shape index (κ2) is 13.1. The highest BCUT2D eigenvalue weighted by atomic mass is 16.5. The largest absolute Gasteiger partial charge is 0.508 e. The maximum absolute atomic E-state index is 13.2. The Labute approximate surface area is 214 Å². The Kier molecular flexibility index (Phi) is 9.94. The van der Waals surface area contributed by atoms with E-state index >= 15 is 0 Å². The van der Waals surface area contributed by atoms with E-state index in [1.54, 1.807) is 55.6 Å². The molecule has 0 spiro atoms. The van der Waals surface area contributed by atoms with Crippen molar-refractivity contribution in [2.45, 2.75) is 52.0 Å². The van der Waals surface area contributed by atoms with Crippen LogP contribution in [0.3, 0.4) is 0 Å². The normalized spacial score (nSPS) is 17.2. The molecule has 0 radical (unpaired) electrons. The van der Waals surface area contributed by atoms with Gasteiger partial charge >= 0.3 is 0 Å². The molecule has 1 fully saturated rings. The van der Waals surface area contributed by atoms with E-state index in [1.807, 2.05) is 0 Å². The third-order valence-corrected chi connectivity index (χ3v) is 6.62. The Morgan fingerprint density at radius 1 is 0.972 bits per heavy atom. The van der Waals surface area contributed by atoms with E-state index in [2.05, 4.69) is 18.7 Å². The number of amides is 1. The minimum absolute atomic E-state index is 0.0320. The van der Waals surface area contributed by atoms with E-state index in [-0.39, 0.29) is 17.1 Å². The Hall–Kier alpha value is -3.32. The molecule has 0 unspecified atom stereocenters. The number of Topliss-reactive ketones (excluding diaryl/α,β-unsaturated/α-hetero) is 1. The lowest BCUT2D eigenvalue weighted by molar-refractivity contribution is -0.140. The van der Waals surface area contributed by atoms with Gasteiger partial charge in [-0.2, -0.15) is 0 Å². The minimum Gasteiger partial charge on any atom is -0.508 e. The number of nitrogens with zero attached hydrogens (tertiary/aromatic N) is 2. The highest BCUT2D eigenvalue weighted by Gasteiger charge is 2.45. The van der Waals surface area contributed by atoms with Crippen LogP contribution < -0.4 is 4.74 Å². The van der Waals surface area contributed by atoms with Gasteiger partial charge in [0.25, 0.3) is 11.7 Å². The van der Waals surface area contributed by atoms with Gasteiger partial charge in [-0.3, -0.25) is 9.59 Å². The number of hydrogen-bond donors (Lipinski definition) is 2. The van der Waals surface area contributed by atoms with Gasteiger partial charge in [0.1, 0.15) is 17.3 Å². The maximum atomic E-state index is 13.2. The van der Waals surface area contributed by atoms with Gasteiger partial charge in [-0.15, -0.1) is 0 Å². The van der Waals surface area contributed by atoms with Gasteiger partial charge in [0, 0.05) is 12.1 Å². The fraction of sp³-hybridized carbons (Fsp3) is 0.448. The number of aliphatic hydroxyl groups excluding tert-OH is 1. The molecule has 1 aliphatic rings. The van der Waals surface area contributed by atoms with Crippen LogP contribution in [0.2, 0.25) is 0 Å². The third kappa shape index (κ3) is 6.46. The van der Waals surface area contributed by atoms with Crippen molar-refractivity contribution < 1.29 is 24.5 Å². The molecular weight excluding hydrogens is 456 g/mol. The third-order valence-electron chi connectivity index (χ3n) is 6.62. The summed E-state index contributed by atoms with van der Waals surface area (Å²) in [6.45, 7) is 7.59. The average molecular weight is 495 g/mol. The molecular formula is C29H38N2O5. The van der Waals surface area contributed by atoms with Crippen LogP contribution in [-0.2, 0) is 9.59 Å². The van der Waals surface area contributed by atoms with Gasteiger partial charge in [0.05, 0.1) is 18.7 Å². The summed E-state index contributed by atoms with van der Waals surface area (Å²) in [4.78, 5) is 30.3. The van der Waals surface area contributed by atoms with Crippen LogP contribution in [0.5, 0.6) is 11.5 Å². The van der Waals surface area contributed by atoms with Crippen molar-refractivity contribution in [1.29, 1.82) is 0 Å². The SMILES string of the molecule is CCCCN(CCCC)CCCN1C(=O)C(=O)C(=C(O)c2ccc(OC)cc2)[C@H]1c1cccc(O)c1. The minimum atomic E-state index is -0.779. The predicted molar refractivity (Wildman–Crippen MR) is 141 cm³/mol. The van der Waals surface area contributed by atoms with E-state index < -0.39 is 17.7 Å². The van der Waals surface area contributed by atoms with Crippen LogP contribution in [0.25, 0.3) is 5.76 Å². The molecule has 2 aromatic rings. The molecule has 2 aromatic carbocycles. The number of unbranched alkanes of at least 4 members (excludes halogenated alkanes) is 2.